The van der Waals surface area contributed by atoms with Crippen LogP contribution >= 0.6 is 0 Å². The van der Waals surface area contributed by atoms with Gasteiger partial charge >= 0.3 is 0 Å². The standard InChI is InChI=1S/C9H17N/c1-3-10-8(2)7-9-5-4-6-9/h9-10H,2-7H2,1H3. The van der Waals surface area contributed by atoms with Crippen molar-refractivity contribution >= 4 is 0 Å². The fraction of sp³-hybridized carbons (Fsp3) is 0.778. The summed E-state index contributed by atoms with van der Waals surface area (Å²) in [5.41, 5.74) is 1.23. The normalized spacial score (nSPS) is 18.1. The molecule has 0 aromatic heterocycles. The minimum atomic E-state index is 0.951. The summed E-state index contributed by atoms with van der Waals surface area (Å²) in [6, 6.07) is 0. The van der Waals surface area contributed by atoms with Crippen LogP contribution in [-0.4, -0.2) is 6.54 Å². The summed E-state index contributed by atoms with van der Waals surface area (Å²) in [5.74, 6) is 0.951. The molecule has 58 valence electrons. The van der Waals surface area contributed by atoms with Crippen molar-refractivity contribution in [2.75, 3.05) is 6.54 Å². The zero-order valence-corrected chi connectivity index (χ0v) is 6.82. The molecular formula is C9H17N. The Hall–Kier alpha value is -0.460. The molecular weight excluding hydrogens is 122 g/mol. The third-order valence-corrected chi connectivity index (χ3v) is 2.19. The monoisotopic (exact) mass is 139 g/mol. The molecule has 1 nitrogen and oxygen atoms in total. The van der Waals surface area contributed by atoms with E-state index >= 15 is 0 Å². The molecule has 0 amide bonds. The summed E-state index contributed by atoms with van der Waals surface area (Å²) in [6.07, 6.45) is 5.48. The van der Waals surface area contributed by atoms with E-state index in [0.717, 1.165) is 12.5 Å². The Morgan fingerprint density at radius 2 is 2.30 bits per heavy atom. The van der Waals surface area contributed by atoms with Crippen molar-refractivity contribution in [3.05, 3.63) is 12.3 Å². The molecule has 1 heteroatoms. The average Bonchev–Trinajstić information content (AvgIpc) is 1.80. The van der Waals surface area contributed by atoms with Crippen LogP contribution in [0.25, 0.3) is 0 Å². The van der Waals surface area contributed by atoms with E-state index in [4.69, 9.17) is 0 Å². The second-order valence-electron chi connectivity index (χ2n) is 3.13. The number of rotatable bonds is 4. The molecule has 0 heterocycles. The van der Waals surface area contributed by atoms with Gasteiger partial charge in [-0.05, 0) is 19.3 Å². The van der Waals surface area contributed by atoms with Crippen LogP contribution in [0.15, 0.2) is 12.3 Å². The number of hydrogen-bond acceptors (Lipinski definition) is 1. The van der Waals surface area contributed by atoms with Gasteiger partial charge in [-0.25, -0.2) is 0 Å². The van der Waals surface area contributed by atoms with Gasteiger partial charge in [-0.1, -0.05) is 25.8 Å². The smallest absolute Gasteiger partial charge is 0.0115 e. The zero-order chi connectivity index (χ0) is 7.40. The molecule has 10 heavy (non-hydrogen) atoms. The van der Waals surface area contributed by atoms with Crippen LogP contribution in [-0.2, 0) is 0 Å². The minimum absolute atomic E-state index is 0.951. The lowest BCUT2D eigenvalue weighted by molar-refractivity contribution is 0.309. The number of nitrogens with one attached hydrogen (secondary N) is 1. The first kappa shape index (κ1) is 7.64. The van der Waals surface area contributed by atoms with Gasteiger partial charge in [-0.15, -0.1) is 0 Å². The molecule has 0 aliphatic heterocycles. The van der Waals surface area contributed by atoms with E-state index in [-0.39, 0.29) is 0 Å². The first-order valence-electron chi connectivity index (χ1n) is 4.24. The Kier molecular flexibility index (Phi) is 2.79. The second kappa shape index (κ2) is 3.65. The van der Waals surface area contributed by atoms with Gasteiger partial charge in [0.1, 0.15) is 0 Å². The first-order chi connectivity index (χ1) is 4.83. The fourth-order valence-corrected chi connectivity index (χ4v) is 1.37. The van der Waals surface area contributed by atoms with Gasteiger partial charge in [0.25, 0.3) is 0 Å². The van der Waals surface area contributed by atoms with Gasteiger partial charge in [0.15, 0.2) is 0 Å². The maximum Gasteiger partial charge on any atom is 0.0115 e. The summed E-state index contributed by atoms with van der Waals surface area (Å²) >= 11 is 0. The van der Waals surface area contributed by atoms with E-state index in [1.54, 1.807) is 0 Å². The highest BCUT2D eigenvalue weighted by Crippen LogP contribution is 2.30. The van der Waals surface area contributed by atoms with Crippen molar-refractivity contribution in [2.45, 2.75) is 32.6 Å². The summed E-state index contributed by atoms with van der Waals surface area (Å²) < 4.78 is 0. The van der Waals surface area contributed by atoms with E-state index in [1.165, 1.54) is 31.4 Å². The van der Waals surface area contributed by atoms with Crippen molar-refractivity contribution in [1.82, 2.24) is 5.32 Å². The van der Waals surface area contributed by atoms with Crippen LogP contribution in [0.4, 0.5) is 0 Å². The van der Waals surface area contributed by atoms with Gasteiger partial charge in [-0.2, -0.15) is 0 Å². The number of hydrogen-bond donors (Lipinski definition) is 1. The Balaban J connectivity index is 2.05. The average molecular weight is 139 g/mol. The molecule has 0 spiro atoms. The molecule has 1 aliphatic rings. The molecule has 1 aliphatic carbocycles. The van der Waals surface area contributed by atoms with Crippen molar-refractivity contribution in [3.63, 3.8) is 0 Å². The molecule has 1 N–H and O–H groups in total. The molecule has 1 fully saturated rings. The van der Waals surface area contributed by atoms with Gasteiger partial charge in [0.05, 0.1) is 0 Å². The van der Waals surface area contributed by atoms with Crippen LogP contribution in [0.2, 0.25) is 0 Å². The summed E-state index contributed by atoms with van der Waals surface area (Å²) in [4.78, 5) is 0. The molecule has 0 unspecified atom stereocenters. The number of allylic oxidation sites excluding steroid dienone is 1. The maximum atomic E-state index is 3.96. The highest BCUT2D eigenvalue weighted by atomic mass is 14.9. The van der Waals surface area contributed by atoms with Gasteiger partial charge in [0, 0.05) is 12.2 Å². The Bertz CT molecular complexity index is 114. The van der Waals surface area contributed by atoms with Crippen molar-refractivity contribution in [1.29, 1.82) is 0 Å². The molecule has 1 rings (SSSR count). The topological polar surface area (TPSA) is 12.0 Å². The lowest BCUT2D eigenvalue weighted by Crippen LogP contribution is -2.18. The zero-order valence-electron chi connectivity index (χ0n) is 6.82. The van der Waals surface area contributed by atoms with Gasteiger partial charge in [0.2, 0.25) is 0 Å². The van der Waals surface area contributed by atoms with E-state index < -0.39 is 0 Å². The van der Waals surface area contributed by atoms with Crippen molar-refractivity contribution in [2.24, 2.45) is 5.92 Å². The predicted octanol–water partition coefficient (Wildman–Crippen LogP) is 2.30. The molecule has 0 radical (unpaired) electrons. The summed E-state index contributed by atoms with van der Waals surface area (Å²) in [6.45, 7) is 7.09. The van der Waals surface area contributed by atoms with Crippen LogP contribution < -0.4 is 5.32 Å². The lowest BCUT2D eigenvalue weighted by atomic mass is 9.82. The van der Waals surface area contributed by atoms with Crippen molar-refractivity contribution in [3.8, 4) is 0 Å². The van der Waals surface area contributed by atoms with E-state index in [9.17, 15) is 0 Å². The van der Waals surface area contributed by atoms with Crippen LogP contribution in [0.1, 0.15) is 32.6 Å². The van der Waals surface area contributed by atoms with Gasteiger partial charge < -0.3 is 5.32 Å². The highest BCUT2D eigenvalue weighted by molar-refractivity contribution is 4.94. The van der Waals surface area contributed by atoms with Crippen molar-refractivity contribution < 1.29 is 0 Å². The predicted molar refractivity (Wildman–Crippen MR) is 44.8 cm³/mol. The van der Waals surface area contributed by atoms with E-state index in [1.807, 2.05) is 0 Å². The Labute approximate surface area is 63.5 Å². The molecule has 1 saturated carbocycles. The third-order valence-electron chi connectivity index (χ3n) is 2.19. The summed E-state index contributed by atoms with van der Waals surface area (Å²) in [7, 11) is 0. The molecule has 0 bridgehead atoms. The minimum Gasteiger partial charge on any atom is -0.389 e. The molecule has 0 atom stereocenters. The highest BCUT2D eigenvalue weighted by Gasteiger charge is 2.17. The van der Waals surface area contributed by atoms with E-state index in [0.29, 0.717) is 0 Å². The fourth-order valence-electron chi connectivity index (χ4n) is 1.37. The molecule has 0 aromatic rings. The SMILES string of the molecule is C=C(CC1CCC1)NCC. The largest absolute Gasteiger partial charge is 0.389 e. The van der Waals surface area contributed by atoms with Crippen LogP contribution in [0.5, 0.6) is 0 Å². The van der Waals surface area contributed by atoms with Crippen LogP contribution in [0.3, 0.4) is 0 Å². The Morgan fingerprint density at radius 1 is 1.60 bits per heavy atom. The lowest BCUT2D eigenvalue weighted by Gasteiger charge is -2.26. The molecule has 0 aromatic carbocycles. The Morgan fingerprint density at radius 3 is 2.70 bits per heavy atom. The second-order valence-corrected chi connectivity index (χ2v) is 3.13. The molecule has 0 saturated heterocycles. The summed E-state index contributed by atoms with van der Waals surface area (Å²) in [5, 5.41) is 3.25. The van der Waals surface area contributed by atoms with E-state index in [2.05, 4.69) is 18.8 Å². The van der Waals surface area contributed by atoms with Crippen LogP contribution in [0, 0.1) is 5.92 Å². The third kappa shape index (κ3) is 2.05. The van der Waals surface area contributed by atoms with Gasteiger partial charge in [-0.3, -0.25) is 0 Å². The first-order valence-corrected chi connectivity index (χ1v) is 4.24. The quantitative estimate of drug-likeness (QED) is 0.630. The maximum absolute atomic E-state index is 3.96.